The van der Waals surface area contributed by atoms with E-state index in [9.17, 15) is 8.42 Å². The Bertz CT molecular complexity index is 1330. The molecule has 156 valence electrons. The van der Waals surface area contributed by atoms with E-state index in [4.69, 9.17) is 11.6 Å². The first-order valence-electron chi connectivity index (χ1n) is 9.36. The van der Waals surface area contributed by atoms with E-state index in [1.54, 1.807) is 41.2 Å². The summed E-state index contributed by atoms with van der Waals surface area (Å²) in [5, 5.41) is 9.17. The lowest BCUT2D eigenvalue weighted by molar-refractivity contribution is 0.587. The molecule has 0 spiro atoms. The molecule has 9 heteroatoms. The standard InChI is InChI=1S/C21H22ClN5O2S/c1-21(2,3)14-5-7-15(8-6-14)30(28,29)25-20-10-9-16(22)19-13-17(24-27(19)20)18-11-12-23-26(18)4/h5-13,25H,1-4H3. The number of pyridine rings is 1. The van der Waals surface area contributed by atoms with Crippen LogP contribution in [0, 0.1) is 0 Å². The van der Waals surface area contributed by atoms with Crippen molar-refractivity contribution < 1.29 is 8.42 Å². The number of anilines is 1. The molecule has 0 fully saturated rings. The van der Waals surface area contributed by atoms with E-state index >= 15 is 0 Å². The predicted octanol–water partition coefficient (Wildman–Crippen LogP) is 4.49. The van der Waals surface area contributed by atoms with Crippen molar-refractivity contribution in [3.8, 4) is 11.4 Å². The Balaban J connectivity index is 1.74. The van der Waals surface area contributed by atoms with E-state index in [-0.39, 0.29) is 10.3 Å². The summed E-state index contributed by atoms with van der Waals surface area (Å²) in [4.78, 5) is 0.178. The van der Waals surface area contributed by atoms with Crippen LogP contribution in [0.1, 0.15) is 26.3 Å². The van der Waals surface area contributed by atoms with Crippen LogP contribution in [0.15, 0.2) is 59.6 Å². The normalized spacial score (nSPS) is 12.4. The van der Waals surface area contributed by atoms with Crippen LogP contribution >= 0.6 is 11.6 Å². The molecule has 0 amide bonds. The Morgan fingerprint density at radius 1 is 1.03 bits per heavy atom. The van der Waals surface area contributed by atoms with Gasteiger partial charge in [0, 0.05) is 13.2 Å². The molecule has 0 saturated heterocycles. The first-order chi connectivity index (χ1) is 14.1. The molecule has 0 bridgehead atoms. The minimum Gasteiger partial charge on any atom is -0.266 e. The fraction of sp³-hybridized carbons (Fsp3) is 0.238. The fourth-order valence-corrected chi connectivity index (χ4v) is 4.44. The summed E-state index contributed by atoms with van der Waals surface area (Å²) < 4.78 is 31.8. The van der Waals surface area contributed by atoms with Crippen LogP contribution in [0.4, 0.5) is 5.82 Å². The van der Waals surface area contributed by atoms with Crippen LogP contribution in [-0.2, 0) is 22.5 Å². The van der Waals surface area contributed by atoms with Gasteiger partial charge in [-0.15, -0.1) is 0 Å². The largest absolute Gasteiger partial charge is 0.266 e. The zero-order valence-corrected chi connectivity index (χ0v) is 18.7. The quantitative estimate of drug-likeness (QED) is 0.504. The number of benzene rings is 1. The van der Waals surface area contributed by atoms with Gasteiger partial charge in [0.05, 0.1) is 21.1 Å². The van der Waals surface area contributed by atoms with Gasteiger partial charge in [0.15, 0.2) is 0 Å². The highest BCUT2D eigenvalue weighted by Crippen LogP contribution is 2.28. The number of hydrogen-bond acceptors (Lipinski definition) is 4. The molecule has 4 rings (SSSR count). The van der Waals surface area contributed by atoms with E-state index in [0.29, 0.717) is 22.1 Å². The summed E-state index contributed by atoms with van der Waals surface area (Å²) in [7, 11) is -1.99. The molecule has 1 N–H and O–H groups in total. The van der Waals surface area contributed by atoms with Gasteiger partial charge in [0.2, 0.25) is 0 Å². The third-order valence-corrected chi connectivity index (χ3v) is 6.61. The van der Waals surface area contributed by atoms with Crippen molar-refractivity contribution in [2.24, 2.45) is 7.05 Å². The fourth-order valence-electron chi connectivity index (χ4n) is 3.20. The van der Waals surface area contributed by atoms with Crippen molar-refractivity contribution in [2.75, 3.05) is 4.72 Å². The van der Waals surface area contributed by atoms with Gasteiger partial charge in [0.25, 0.3) is 10.0 Å². The van der Waals surface area contributed by atoms with Crippen LogP contribution < -0.4 is 4.72 Å². The Hall–Kier alpha value is -2.84. The molecule has 0 aliphatic carbocycles. The number of sulfonamides is 1. The summed E-state index contributed by atoms with van der Waals surface area (Å²) >= 11 is 6.33. The molecule has 0 unspecified atom stereocenters. The van der Waals surface area contributed by atoms with Gasteiger partial charge in [-0.2, -0.15) is 10.2 Å². The minimum absolute atomic E-state index is 0.0602. The third kappa shape index (κ3) is 3.68. The van der Waals surface area contributed by atoms with Gasteiger partial charge >= 0.3 is 0 Å². The lowest BCUT2D eigenvalue weighted by atomic mass is 9.87. The number of rotatable bonds is 4. The summed E-state index contributed by atoms with van der Waals surface area (Å²) in [6.07, 6.45) is 1.67. The van der Waals surface area contributed by atoms with Crippen molar-refractivity contribution in [1.82, 2.24) is 19.4 Å². The molecule has 0 atom stereocenters. The average molecular weight is 444 g/mol. The maximum atomic E-state index is 13.0. The molecule has 0 radical (unpaired) electrons. The number of nitrogens with zero attached hydrogens (tertiary/aromatic N) is 4. The Labute approximate surface area is 180 Å². The molecule has 30 heavy (non-hydrogen) atoms. The van der Waals surface area contributed by atoms with Gasteiger partial charge in [-0.1, -0.05) is 44.5 Å². The molecule has 0 aliphatic rings. The second-order valence-corrected chi connectivity index (χ2v) is 10.2. The lowest BCUT2D eigenvalue weighted by Gasteiger charge is -2.19. The van der Waals surface area contributed by atoms with Crippen molar-refractivity contribution in [3.05, 3.63) is 65.3 Å². The van der Waals surface area contributed by atoms with Gasteiger partial charge < -0.3 is 0 Å². The highest BCUT2D eigenvalue weighted by molar-refractivity contribution is 7.92. The zero-order valence-electron chi connectivity index (χ0n) is 17.1. The summed E-state index contributed by atoms with van der Waals surface area (Å²) in [6, 6.07) is 13.8. The lowest BCUT2D eigenvalue weighted by Crippen LogP contribution is -2.16. The van der Waals surface area contributed by atoms with Gasteiger partial charge in [-0.3, -0.25) is 9.40 Å². The SMILES string of the molecule is Cn1nccc1-c1cc2c(Cl)ccc(NS(=O)(=O)c3ccc(C(C)(C)C)cc3)n2n1. The first kappa shape index (κ1) is 20.4. The number of aryl methyl sites for hydroxylation is 1. The Morgan fingerprint density at radius 3 is 2.33 bits per heavy atom. The molecule has 1 aromatic carbocycles. The number of halogens is 1. The van der Waals surface area contributed by atoms with Crippen molar-refractivity contribution in [3.63, 3.8) is 0 Å². The van der Waals surface area contributed by atoms with Crippen LogP contribution in [-0.4, -0.2) is 27.8 Å². The third-order valence-electron chi connectivity index (χ3n) is 4.92. The van der Waals surface area contributed by atoms with Crippen molar-refractivity contribution in [2.45, 2.75) is 31.1 Å². The van der Waals surface area contributed by atoms with Crippen molar-refractivity contribution in [1.29, 1.82) is 0 Å². The second-order valence-electron chi connectivity index (χ2n) is 8.11. The zero-order chi connectivity index (χ0) is 21.7. The number of fused-ring (bicyclic) bond motifs is 1. The monoisotopic (exact) mass is 443 g/mol. The van der Waals surface area contributed by atoms with Gasteiger partial charge in [-0.05, 0) is 47.4 Å². The summed E-state index contributed by atoms with van der Waals surface area (Å²) in [5.41, 5.74) is 3.02. The maximum Gasteiger partial charge on any atom is 0.263 e. The molecule has 0 saturated carbocycles. The first-order valence-corrected chi connectivity index (χ1v) is 11.2. The molecule has 7 nitrogen and oxygen atoms in total. The maximum absolute atomic E-state index is 13.0. The predicted molar refractivity (Wildman–Crippen MR) is 118 cm³/mol. The van der Waals surface area contributed by atoms with Crippen molar-refractivity contribution >= 4 is 33.0 Å². The topological polar surface area (TPSA) is 81.3 Å². The highest BCUT2D eigenvalue weighted by Gasteiger charge is 2.20. The number of nitrogens with one attached hydrogen (secondary N) is 1. The molecular weight excluding hydrogens is 422 g/mol. The molecular formula is C21H22ClN5O2S. The summed E-state index contributed by atoms with van der Waals surface area (Å²) in [5.74, 6) is 0.294. The molecule has 4 aromatic rings. The van der Waals surface area contributed by atoms with Gasteiger partial charge in [-0.25, -0.2) is 12.9 Å². The smallest absolute Gasteiger partial charge is 0.263 e. The number of aromatic nitrogens is 4. The summed E-state index contributed by atoms with van der Waals surface area (Å²) in [6.45, 7) is 6.24. The Morgan fingerprint density at radius 2 is 1.73 bits per heavy atom. The van der Waals surface area contributed by atoms with E-state index < -0.39 is 10.0 Å². The van der Waals surface area contributed by atoms with Crippen LogP contribution in [0.25, 0.3) is 16.9 Å². The van der Waals surface area contributed by atoms with E-state index in [2.05, 4.69) is 35.7 Å². The molecule has 3 aromatic heterocycles. The van der Waals surface area contributed by atoms with Crippen LogP contribution in [0.2, 0.25) is 5.02 Å². The minimum atomic E-state index is -3.80. The van der Waals surface area contributed by atoms with Crippen LogP contribution in [0.3, 0.4) is 0 Å². The molecule has 0 aliphatic heterocycles. The Kier molecular flexibility index (Phi) is 4.86. The average Bonchev–Trinajstić information content (AvgIpc) is 3.30. The second kappa shape index (κ2) is 7.14. The van der Waals surface area contributed by atoms with E-state index in [0.717, 1.165) is 11.3 Å². The van der Waals surface area contributed by atoms with Crippen LogP contribution in [0.5, 0.6) is 0 Å². The van der Waals surface area contributed by atoms with Gasteiger partial charge in [0.1, 0.15) is 11.5 Å². The molecule has 3 heterocycles. The van der Waals surface area contributed by atoms with E-state index in [1.165, 1.54) is 4.52 Å². The highest BCUT2D eigenvalue weighted by atomic mass is 35.5. The van der Waals surface area contributed by atoms with E-state index in [1.807, 2.05) is 25.2 Å². The number of hydrogen-bond donors (Lipinski definition) is 1.